The normalized spacial score (nSPS) is 9.78. The second kappa shape index (κ2) is 5.97. The van der Waals surface area contributed by atoms with E-state index >= 15 is 0 Å². The molecule has 0 aliphatic carbocycles. The van der Waals surface area contributed by atoms with Crippen molar-refractivity contribution in [3.05, 3.63) is 58.9 Å². The molecule has 1 amide bonds. The highest BCUT2D eigenvalue weighted by Crippen LogP contribution is 2.08. The zero-order chi connectivity index (χ0) is 12.8. The number of carbonyl (C=O) groups excluding carboxylic acids is 1. The zero-order valence-electron chi connectivity index (χ0n) is 9.55. The Morgan fingerprint density at radius 2 is 2.00 bits per heavy atom. The molecule has 0 unspecified atom stereocenters. The number of benzene rings is 1. The molecule has 0 aliphatic rings. The third-order valence-electron chi connectivity index (χ3n) is 2.27. The minimum absolute atomic E-state index is 0.232. The molecule has 0 spiro atoms. The fraction of sp³-hybridized carbons (Fsp3) is 0.0769. The Bertz CT molecular complexity index is 581. The summed E-state index contributed by atoms with van der Waals surface area (Å²) >= 11 is 5.02. The van der Waals surface area contributed by atoms with Gasteiger partial charge in [0.1, 0.15) is 11.2 Å². The van der Waals surface area contributed by atoms with Crippen molar-refractivity contribution in [2.75, 3.05) is 5.32 Å². The van der Waals surface area contributed by atoms with Gasteiger partial charge < -0.3 is 9.72 Å². The lowest BCUT2D eigenvalue weighted by Crippen LogP contribution is -2.13. The van der Waals surface area contributed by atoms with E-state index in [0.717, 1.165) is 5.56 Å². The Morgan fingerprint density at radius 1 is 1.22 bits per heavy atom. The Kier molecular flexibility index (Phi) is 4.09. The van der Waals surface area contributed by atoms with Crippen LogP contribution in [-0.2, 0) is 11.3 Å². The van der Waals surface area contributed by atoms with Crippen molar-refractivity contribution >= 4 is 24.0 Å². The van der Waals surface area contributed by atoms with Gasteiger partial charge in [-0.2, -0.15) is 0 Å². The molecule has 1 heterocycles. The number of amides is 1. The van der Waals surface area contributed by atoms with Crippen LogP contribution in [-0.4, -0.2) is 11.1 Å². The maximum absolute atomic E-state index is 11.5. The monoisotopic (exact) mass is 260 g/mol. The van der Waals surface area contributed by atoms with Crippen LogP contribution < -0.4 is 5.32 Å². The SMILES string of the molecule is O=C(Nc1ccc[nH]c1=S)OCc1ccccc1. The largest absolute Gasteiger partial charge is 0.444 e. The molecule has 0 atom stereocenters. The minimum atomic E-state index is -0.524. The van der Waals surface area contributed by atoms with Gasteiger partial charge in [-0.15, -0.1) is 0 Å². The second-order valence-corrected chi connectivity index (χ2v) is 4.01. The van der Waals surface area contributed by atoms with Crippen molar-refractivity contribution in [1.82, 2.24) is 4.98 Å². The Hall–Kier alpha value is -2.14. The first-order chi connectivity index (χ1) is 8.75. The van der Waals surface area contributed by atoms with E-state index in [9.17, 15) is 4.79 Å². The Balaban J connectivity index is 1.90. The van der Waals surface area contributed by atoms with Gasteiger partial charge in [0.2, 0.25) is 0 Å². The van der Waals surface area contributed by atoms with Crippen molar-refractivity contribution < 1.29 is 9.53 Å². The summed E-state index contributed by atoms with van der Waals surface area (Å²) in [5, 5.41) is 2.58. The highest BCUT2D eigenvalue weighted by atomic mass is 32.1. The van der Waals surface area contributed by atoms with Gasteiger partial charge >= 0.3 is 6.09 Å². The minimum Gasteiger partial charge on any atom is -0.444 e. The van der Waals surface area contributed by atoms with Crippen LogP contribution in [0.3, 0.4) is 0 Å². The molecule has 1 aromatic carbocycles. The van der Waals surface area contributed by atoms with Gasteiger partial charge in [0.15, 0.2) is 0 Å². The number of aromatic amines is 1. The van der Waals surface area contributed by atoms with Crippen LogP contribution in [0.4, 0.5) is 10.5 Å². The van der Waals surface area contributed by atoms with Crippen molar-refractivity contribution in [2.24, 2.45) is 0 Å². The smallest absolute Gasteiger partial charge is 0.412 e. The maximum atomic E-state index is 11.5. The molecule has 5 heteroatoms. The number of rotatable bonds is 3. The van der Waals surface area contributed by atoms with Gasteiger partial charge in [-0.25, -0.2) is 4.79 Å². The molecule has 0 saturated heterocycles. The molecule has 2 N–H and O–H groups in total. The quantitative estimate of drug-likeness (QED) is 0.830. The summed E-state index contributed by atoms with van der Waals surface area (Å²) in [6.07, 6.45) is 1.17. The molecule has 0 saturated carbocycles. The first-order valence-electron chi connectivity index (χ1n) is 5.41. The lowest BCUT2D eigenvalue weighted by Gasteiger charge is -2.06. The molecule has 0 bridgehead atoms. The lowest BCUT2D eigenvalue weighted by molar-refractivity contribution is 0.155. The number of H-pyrrole nitrogens is 1. The number of aromatic nitrogens is 1. The summed E-state index contributed by atoms with van der Waals surface area (Å²) in [7, 11) is 0. The number of anilines is 1. The fourth-order valence-corrected chi connectivity index (χ4v) is 1.58. The summed E-state index contributed by atoms with van der Waals surface area (Å²) < 4.78 is 5.54. The third-order valence-corrected chi connectivity index (χ3v) is 2.61. The van der Waals surface area contributed by atoms with Crippen LogP contribution in [0.25, 0.3) is 0 Å². The lowest BCUT2D eigenvalue weighted by atomic mass is 10.2. The van der Waals surface area contributed by atoms with Crippen molar-refractivity contribution in [3.63, 3.8) is 0 Å². The highest BCUT2D eigenvalue weighted by molar-refractivity contribution is 7.71. The predicted molar refractivity (Wildman–Crippen MR) is 71.9 cm³/mol. The van der Waals surface area contributed by atoms with Crippen LogP contribution >= 0.6 is 12.2 Å². The first-order valence-corrected chi connectivity index (χ1v) is 5.82. The summed E-state index contributed by atoms with van der Waals surface area (Å²) in [4.78, 5) is 14.4. The standard InChI is InChI=1S/C13H12N2O2S/c16-13(15-11-7-4-8-14-12(11)18)17-9-10-5-2-1-3-6-10/h1-8H,9H2,(H,14,18)(H,15,16). The topological polar surface area (TPSA) is 54.1 Å². The van der Waals surface area contributed by atoms with Crippen LogP contribution in [0, 0.1) is 4.64 Å². The molecule has 0 radical (unpaired) electrons. The summed E-state index contributed by atoms with van der Waals surface area (Å²) in [5.41, 5.74) is 1.47. The number of ether oxygens (including phenoxy) is 1. The van der Waals surface area contributed by atoms with Crippen LogP contribution in [0.5, 0.6) is 0 Å². The van der Waals surface area contributed by atoms with E-state index in [0.29, 0.717) is 10.3 Å². The number of hydrogen-bond acceptors (Lipinski definition) is 3. The average Bonchev–Trinajstić information content (AvgIpc) is 2.40. The predicted octanol–water partition coefficient (Wildman–Crippen LogP) is 3.49. The number of pyridine rings is 1. The van der Waals surface area contributed by atoms with E-state index in [2.05, 4.69) is 10.3 Å². The van der Waals surface area contributed by atoms with Gasteiger partial charge in [-0.3, -0.25) is 5.32 Å². The van der Waals surface area contributed by atoms with Crippen LogP contribution in [0.15, 0.2) is 48.7 Å². The molecule has 4 nitrogen and oxygen atoms in total. The highest BCUT2D eigenvalue weighted by Gasteiger charge is 2.04. The number of carbonyl (C=O) groups is 1. The molecule has 18 heavy (non-hydrogen) atoms. The molecular formula is C13H12N2O2S. The van der Waals surface area contributed by atoms with E-state index in [1.54, 1.807) is 18.3 Å². The van der Waals surface area contributed by atoms with Crippen molar-refractivity contribution in [2.45, 2.75) is 6.61 Å². The number of nitrogens with one attached hydrogen (secondary N) is 2. The fourth-order valence-electron chi connectivity index (χ4n) is 1.39. The second-order valence-electron chi connectivity index (χ2n) is 3.60. The molecule has 0 fully saturated rings. The van der Waals surface area contributed by atoms with Gasteiger partial charge in [-0.05, 0) is 17.7 Å². The van der Waals surface area contributed by atoms with E-state index in [-0.39, 0.29) is 6.61 Å². The van der Waals surface area contributed by atoms with E-state index in [4.69, 9.17) is 17.0 Å². The van der Waals surface area contributed by atoms with E-state index < -0.39 is 6.09 Å². The molecule has 2 rings (SSSR count). The van der Waals surface area contributed by atoms with Gasteiger partial charge in [0, 0.05) is 6.20 Å². The third kappa shape index (κ3) is 3.43. The number of hydrogen-bond donors (Lipinski definition) is 2. The van der Waals surface area contributed by atoms with Crippen molar-refractivity contribution in [3.8, 4) is 0 Å². The molecule has 0 aliphatic heterocycles. The molecule has 92 valence electrons. The van der Waals surface area contributed by atoms with Gasteiger partial charge in [0.05, 0.1) is 5.69 Å². The summed E-state index contributed by atoms with van der Waals surface area (Å²) in [6, 6.07) is 12.9. The van der Waals surface area contributed by atoms with Crippen molar-refractivity contribution in [1.29, 1.82) is 0 Å². The summed E-state index contributed by atoms with van der Waals surface area (Å²) in [5.74, 6) is 0. The Labute approximate surface area is 110 Å². The maximum Gasteiger partial charge on any atom is 0.412 e. The average molecular weight is 260 g/mol. The van der Waals surface area contributed by atoms with Gasteiger partial charge in [-0.1, -0.05) is 42.5 Å². The van der Waals surface area contributed by atoms with Gasteiger partial charge in [0.25, 0.3) is 0 Å². The Morgan fingerprint density at radius 3 is 2.72 bits per heavy atom. The van der Waals surface area contributed by atoms with Crippen LogP contribution in [0.2, 0.25) is 0 Å². The zero-order valence-corrected chi connectivity index (χ0v) is 10.4. The summed E-state index contributed by atoms with van der Waals surface area (Å²) in [6.45, 7) is 0.232. The van der Waals surface area contributed by atoms with E-state index in [1.807, 2.05) is 30.3 Å². The first kappa shape index (κ1) is 12.3. The molecule has 1 aromatic heterocycles. The van der Waals surface area contributed by atoms with E-state index in [1.165, 1.54) is 0 Å². The molecular weight excluding hydrogens is 248 g/mol. The van der Waals surface area contributed by atoms with Crippen LogP contribution in [0.1, 0.15) is 5.56 Å². The molecule has 2 aromatic rings.